The highest BCUT2D eigenvalue weighted by molar-refractivity contribution is 5.95. The smallest absolute Gasteiger partial charge is 0.253 e. The van der Waals surface area contributed by atoms with Crippen LogP contribution in [0.5, 0.6) is 0 Å². The Bertz CT molecular complexity index is 328. The fourth-order valence-corrected chi connectivity index (χ4v) is 1.27. The van der Waals surface area contributed by atoms with E-state index in [-0.39, 0.29) is 11.9 Å². The van der Waals surface area contributed by atoms with Gasteiger partial charge in [0.25, 0.3) is 5.91 Å². The van der Waals surface area contributed by atoms with Crippen LogP contribution in [0.3, 0.4) is 0 Å². The van der Waals surface area contributed by atoms with Gasteiger partial charge in [-0.1, -0.05) is 0 Å². The average molecular weight is 209 g/mol. The summed E-state index contributed by atoms with van der Waals surface area (Å²) in [6, 6.07) is 2.33. The number of hydrogen-bond donors (Lipinski definition) is 3. The van der Waals surface area contributed by atoms with Crippen LogP contribution < -0.4 is 10.6 Å². The maximum Gasteiger partial charge on any atom is 0.253 e. The van der Waals surface area contributed by atoms with Crippen molar-refractivity contribution in [3.63, 3.8) is 0 Å². The molecule has 0 spiro atoms. The van der Waals surface area contributed by atoms with E-state index in [4.69, 9.17) is 0 Å². The Kier molecular flexibility index (Phi) is 3.77. The minimum absolute atomic E-state index is 0.0435. The molecule has 1 aromatic rings. The first kappa shape index (κ1) is 11.6. The maximum atomic E-state index is 11.6. The highest BCUT2D eigenvalue weighted by atomic mass is 16.1. The Morgan fingerprint density at radius 3 is 2.47 bits per heavy atom. The van der Waals surface area contributed by atoms with Gasteiger partial charge in [-0.3, -0.25) is 4.79 Å². The Morgan fingerprint density at radius 2 is 1.93 bits per heavy atom. The van der Waals surface area contributed by atoms with E-state index in [1.165, 1.54) is 0 Å². The molecular formula is C11H19N3O. The van der Waals surface area contributed by atoms with Crippen molar-refractivity contribution in [2.75, 3.05) is 5.32 Å². The van der Waals surface area contributed by atoms with Crippen molar-refractivity contribution in [3.05, 3.63) is 17.8 Å². The molecule has 0 atom stereocenters. The second-order valence-corrected chi connectivity index (χ2v) is 4.23. The minimum Gasteiger partial charge on any atom is -0.369 e. The van der Waals surface area contributed by atoms with E-state index in [1.807, 2.05) is 19.9 Å². The van der Waals surface area contributed by atoms with Crippen LogP contribution in [0.15, 0.2) is 12.3 Å². The summed E-state index contributed by atoms with van der Waals surface area (Å²) in [5.41, 5.74) is 0.659. The van der Waals surface area contributed by atoms with Crippen molar-refractivity contribution in [1.82, 2.24) is 10.3 Å². The first-order chi connectivity index (χ1) is 6.99. The highest BCUT2D eigenvalue weighted by Gasteiger charge is 2.09. The van der Waals surface area contributed by atoms with Crippen LogP contribution in [0.2, 0.25) is 0 Å². The van der Waals surface area contributed by atoms with Crippen molar-refractivity contribution in [1.29, 1.82) is 0 Å². The number of carbonyl (C=O) groups excluding carboxylic acids is 1. The third-order valence-electron chi connectivity index (χ3n) is 1.81. The summed E-state index contributed by atoms with van der Waals surface area (Å²) >= 11 is 0. The zero-order valence-electron chi connectivity index (χ0n) is 9.72. The third-order valence-corrected chi connectivity index (χ3v) is 1.81. The molecule has 1 aromatic heterocycles. The van der Waals surface area contributed by atoms with Gasteiger partial charge in [0.1, 0.15) is 5.82 Å². The molecule has 0 bridgehead atoms. The molecule has 0 saturated heterocycles. The van der Waals surface area contributed by atoms with Gasteiger partial charge < -0.3 is 15.6 Å². The van der Waals surface area contributed by atoms with Gasteiger partial charge in [-0.25, -0.2) is 0 Å². The molecule has 4 nitrogen and oxygen atoms in total. The van der Waals surface area contributed by atoms with Gasteiger partial charge in [0, 0.05) is 18.3 Å². The molecule has 15 heavy (non-hydrogen) atoms. The van der Waals surface area contributed by atoms with Crippen molar-refractivity contribution in [2.45, 2.75) is 39.8 Å². The monoisotopic (exact) mass is 209 g/mol. The number of hydrogen-bond acceptors (Lipinski definition) is 2. The van der Waals surface area contributed by atoms with Gasteiger partial charge in [-0.05, 0) is 33.8 Å². The van der Waals surface area contributed by atoms with E-state index in [0.29, 0.717) is 11.6 Å². The topological polar surface area (TPSA) is 56.9 Å². The summed E-state index contributed by atoms with van der Waals surface area (Å²) < 4.78 is 0. The molecule has 0 radical (unpaired) electrons. The molecule has 0 unspecified atom stereocenters. The lowest BCUT2D eigenvalue weighted by Gasteiger charge is -2.07. The van der Waals surface area contributed by atoms with Gasteiger partial charge in [0.15, 0.2) is 0 Å². The normalized spacial score (nSPS) is 10.8. The van der Waals surface area contributed by atoms with Crippen LogP contribution in [-0.2, 0) is 0 Å². The number of carbonyl (C=O) groups is 1. The van der Waals surface area contributed by atoms with Gasteiger partial charge >= 0.3 is 0 Å². The molecule has 0 saturated carbocycles. The SMILES string of the molecule is CC(C)NC(=O)c1c[nH]c(NC(C)C)c1. The van der Waals surface area contributed by atoms with Gasteiger partial charge in [-0.15, -0.1) is 0 Å². The summed E-state index contributed by atoms with van der Waals surface area (Å²) in [4.78, 5) is 14.6. The third kappa shape index (κ3) is 3.65. The molecule has 0 aliphatic carbocycles. The number of aromatic amines is 1. The quantitative estimate of drug-likeness (QED) is 0.710. The summed E-state index contributed by atoms with van der Waals surface area (Å²) in [6.45, 7) is 7.99. The van der Waals surface area contributed by atoms with E-state index in [1.54, 1.807) is 6.20 Å². The number of aromatic nitrogens is 1. The molecule has 0 aromatic carbocycles. The molecule has 3 N–H and O–H groups in total. The first-order valence-electron chi connectivity index (χ1n) is 5.25. The van der Waals surface area contributed by atoms with E-state index in [0.717, 1.165) is 5.82 Å². The molecule has 84 valence electrons. The van der Waals surface area contributed by atoms with Crippen LogP contribution in [0, 0.1) is 0 Å². The van der Waals surface area contributed by atoms with Crippen LogP contribution in [0.1, 0.15) is 38.1 Å². The zero-order chi connectivity index (χ0) is 11.4. The standard InChI is InChI=1S/C11H19N3O/c1-7(2)13-10-5-9(6-12-10)11(15)14-8(3)4/h5-8,12-13H,1-4H3,(H,14,15). The maximum absolute atomic E-state index is 11.6. The van der Waals surface area contributed by atoms with Crippen LogP contribution in [0.4, 0.5) is 5.82 Å². The lowest BCUT2D eigenvalue weighted by Crippen LogP contribution is -2.29. The predicted molar refractivity (Wildman–Crippen MR) is 62.2 cm³/mol. The fourth-order valence-electron chi connectivity index (χ4n) is 1.27. The Morgan fingerprint density at radius 1 is 1.27 bits per heavy atom. The molecule has 0 aliphatic rings. The minimum atomic E-state index is -0.0435. The van der Waals surface area contributed by atoms with Crippen molar-refractivity contribution in [2.24, 2.45) is 0 Å². The van der Waals surface area contributed by atoms with Crippen molar-refractivity contribution in [3.8, 4) is 0 Å². The first-order valence-corrected chi connectivity index (χ1v) is 5.25. The average Bonchev–Trinajstić information content (AvgIpc) is 2.50. The second kappa shape index (κ2) is 4.87. The number of anilines is 1. The Labute approximate surface area is 90.5 Å². The highest BCUT2D eigenvalue weighted by Crippen LogP contribution is 2.09. The molecule has 1 rings (SSSR count). The van der Waals surface area contributed by atoms with E-state index in [9.17, 15) is 4.79 Å². The van der Waals surface area contributed by atoms with E-state index in [2.05, 4.69) is 29.5 Å². The van der Waals surface area contributed by atoms with Crippen LogP contribution in [-0.4, -0.2) is 23.0 Å². The zero-order valence-corrected chi connectivity index (χ0v) is 9.72. The lowest BCUT2D eigenvalue weighted by molar-refractivity contribution is 0.0943. The summed E-state index contributed by atoms with van der Waals surface area (Å²) in [7, 11) is 0. The van der Waals surface area contributed by atoms with Gasteiger partial charge in [0.2, 0.25) is 0 Å². The number of nitrogens with one attached hydrogen (secondary N) is 3. The van der Waals surface area contributed by atoms with Crippen LogP contribution >= 0.6 is 0 Å². The van der Waals surface area contributed by atoms with E-state index >= 15 is 0 Å². The second-order valence-electron chi connectivity index (χ2n) is 4.23. The molecule has 0 fully saturated rings. The molecule has 4 heteroatoms. The molecule has 0 aliphatic heterocycles. The largest absolute Gasteiger partial charge is 0.369 e. The Hall–Kier alpha value is -1.45. The summed E-state index contributed by atoms with van der Waals surface area (Å²) in [6.07, 6.45) is 1.71. The fraction of sp³-hybridized carbons (Fsp3) is 0.545. The van der Waals surface area contributed by atoms with Crippen molar-refractivity contribution >= 4 is 11.7 Å². The number of amides is 1. The number of H-pyrrole nitrogens is 1. The molecule has 1 heterocycles. The Balaban J connectivity index is 2.63. The van der Waals surface area contributed by atoms with Gasteiger partial charge in [-0.2, -0.15) is 0 Å². The molecule has 1 amide bonds. The summed E-state index contributed by atoms with van der Waals surface area (Å²) in [5, 5.41) is 6.04. The van der Waals surface area contributed by atoms with Gasteiger partial charge in [0.05, 0.1) is 5.56 Å². The number of rotatable bonds is 4. The van der Waals surface area contributed by atoms with E-state index < -0.39 is 0 Å². The van der Waals surface area contributed by atoms with Crippen LogP contribution in [0.25, 0.3) is 0 Å². The molecular weight excluding hydrogens is 190 g/mol. The lowest BCUT2D eigenvalue weighted by atomic mass is 10.3. The van der Waals surface area contributed by atoms with Crippen molar-refractivity contribution < 1.29 is 4.79 Å². The predicted octanol–water partition coefficient (Wildman–Crippen LogP) is 1.97. The summed E-state index contributed by atoms with van der Waals surface area (Å²) in [5.74, 6) is 0.831.